The van der Waals surface area contributed by atoms with Crippen LogP contribution in [0.3, 0.4) is 0 Å². The van der Waals surface area contributed by atoms with Crippen molar-refractivity contribution in [1.82, 2.24) is 14.5 Å². The van der Waals surface area contributed by atoms with Crippen molar-refractivity contribution < 1.29 is 9.18 Å². The molecule has 0 radical (unpaired) electrons. The Hall–Kier alpha value is -3.19. The maximum absolute atomic E-state index is 14.1. The first-order valence-corrected chi connectivity index (χ1v) is 11.5. The molecule has 2 heterocycles. The van der Waals surface area contributed by atoms with Crippen molar-refractivity contribution in [2.24, 2.45) is 0 Å². The fraction of sp³-hybridized carbons (Fsp3) is 0.240. The van der Waals surface area contributed by atoms with Crippen LogP contribution in [0.4, 0.5) is 10.1 Å². The molecule has 1 atom stereocenters. The van der Waals surface area contributed by atoms with Gasteiger partial charge in [-0.25, -0.2) is 9.37 Å². The van der Waals surface area contributed by atoms with Crippen molar-refractivity contribution in [3.05, 3.63) is 83.4 Å². The van der Waals surface area contributed by atoms with E-state index in [4.69, 9.17) is 4.98 Å². The lowest BCUT2D eigenvalue weighted by atomic mass is 10.1. The van der Waals surface area contributed by atoms with Gasteiger partial charge in [0.15, 0.2) is 5.16 Å². The lowest BCUT2D eigenvalue weighted by molar-refractivity contribution is -0.119. The Labute approximate surface area is 191 Å². The normalized spacial score (nSPS) is 12.1. The van der Waals surface area contributed by atoms with Crippen LogP contribution in [-0.4, -0.2) is 20.4 Å². The highest BCUT2D eigenvalue weighted by atomic mass is 32.2. The van der Waals surface area contributed by atoms with Gasteiger partial charge in [-0.05, 0) is 49.6 Å². The summed E-state index contributed by atoms with van der Waals surface area (Å²) < 4.78 is 16.0. The average Bonchev–Trinajstić information content (AvgIpc) is 3.15. The van der Waals surface area contributed by atoms with Gasteiger partial charge in [0, 0.05) is 11.9 Å². The number of anilines is 1. The van der Waals surface area contributed by atoms with Gasteiger partial charge in [-0.1, -0.05) is 54.6 Å². The first-order chi connectivity index (χ1) is 15.5. The third-order valence-electron chi connectivity index (χ3n) is 5.45. The maximum atomic E-state index is 14.1. The van der Waals surface area contributed by atoms with Crippen molar-refractivity contribution in [1.29, 1.82) is 0 Å². The van der Waals surface area contributed by atoms with Gasteiger partial charge in [-0.2, -0.15) is 0 Å². The van der Waals surface area contributed by atoms with Crippen LogP contribution >= 0.6 is 11.8 Å². The van der Waals surface area contributed by atoms with Gasteiger partial charge in [0.25, 0.3) is 0 Å². The number of nitrogens with zero attached hydrogens (tertiary/aromatic N) is 3. The number of aromatic nitrogens is 3. The molecule has 4 aromatic rings. The number of aryl methyl sites for hydroxylation is 2. The minimum Gasteiger partial charge on any atom is -0.322 e. The van der Waals surface area contributed by atoms with E-state index in [1.54, 1.807) is 42.4 Å². The van der Waals surface area contributed by atoms with Crippen LogP contribution in [0.1, 0.15) is 36.1 Å². The number of para-hydroxylation sites is 1. The number of fused-ring (bicyclic) bond motifs is 1. The Balaban J connectivity index is 1.69. The van der Waals surface area contributed by atoms with E-state index in [9.17, 15) is 9.18 Å². The summed E-state index contributed by atoms with van der Waals surface area (Å²) >= 11 is 1.59. The zero-order valence-corrected chi connectivity index (χ0v) is 19.1. The van der Waals surface area contributed by atoms with E-state index >= 15 is 0 Å². The van der Waals surface area contributed by atoms with E-state index in [1.807, 2.05) is 17.6 Å². The molecule has 7 heteroatoms. The lowest BCUT2D eigenvalue weighted by Gasteiger charge is -2.20. The monoisotopic (exact) mass is 448 g/mol. The van der Waals surface area contributed by atoms with E-state index in [0.717, 1.165) is 21.9 Å². The summed E-state index contributed by atoms with van der Waals surface area (Å²) in [6.45, 7) is 6.11. The predicted octanol–water partition coefficient (Wildman–Crippen LogP) is 6.07. The van der Waals surface area contributed by atoms with Crippen LogP contribution in [-0.2, 0) is 10.5 Å². The van der Waals surface area contributed by atoms with Crippen molar-refractivity contribution in [3.8, 4) is 0 Å². The number of thioether (sulfide) groups is 1. The highest BCUT2D eigenvalue weighted by Crippen LogP contribution is 2.32. The summed E-state index contributed by atoms with van der Waals surface area (Å²) in [5.74, 6) is -0.0120. The van der Waals surface area contributed by atoms with Crippen molar-refractivity contribution in [2.75, 3.05) is 5.32 Å². The van der Waals surface area contributed by atoms with E-state index in [1.165, 1.54) is 22.8 Å². The second kappa shape index (κ2) is 9.53. The summed E-state index contributed by atoms with van der Waals surface area (Å²) in [4.78, 5) is 22.2. The minimum atomic E-state index is -0.551. The zero-order chi connectivity index (χ0) is 22.7. The molecule has 0 aliphatic heterocycles. The Morgan fingerprint density at radius 3 is 2.78 bits per heavy atom. The van der Waals surface area contributed by atoms with E-state index < -0.39 is 11.9 Å². The predicted molar refractivity (Wildman–Crippen MR) is 127 cm³/mol. The molecule has 2 aromatic heterocycles. The second-order valence-electron chi connectivity index (χ2n) is 7.74. The number of rotatable bonds is 7. The zero-order valence-electron chi connectivity index (χ0n) is 18.3. The summed E-state index contributed by atoms with van der Waals surface area (Å²) in [5.41, 5.74) is 5.39. The summed E-state index contributed by atoms with van der Waals surface area (Å²) in [7, 11) is 0. The third-order valence-corrected chi connectivity index (χ3v) is 6.46. The Bertz CT molecular complexity index is 1270. The first-order valence-electron chi connectivity index (χ1n) is 10.5. The summed E-state index contributed by atoms with van der Waals surface area (Å²) in [5, 5.41) is 3.48. The van der Waals surface area contributed by atoms with Gasteiger partial charge in [-0.15, -0.1) is 0 Å². The fourth-order valence-electron chi connectivity index (χ4n) is 3.68. The average molecular weight is 449 g/mol. The SMILES string of the molecule is CCC(C(=O)Nc1ccccc1F)n1c(SCc2cc(C)ccc2C)nc2ccncc21. The third kappa shape index (κ3) is 4.53. The number of carbonyl (C=O) groups is 1. The molecule has 4 rings (SSSR count). The molecule has 2 aromatic carbocycles. The lowest BCUT2D eigenvalue weighted by Crippen LogP contribution is -2.26. The summed E-state index contributed by atoms with van der Waals surface area (Å²) in [6, 6.07) is 13.9. The quantitative estimate of drug-likeness (QED) is 0.349. The Morgan fingerprint density at radius 2 is 2.00 bits per heavy atom. The van der Waals surface area contributed by atoms with Crippen LogP contribution in [0.25, 0.3) is 11.0 Å². The maximum Gasteiger partial charge on any atom is 0.247 e. The molecule has 1 unspecified atom stereocenters. The molecule has 0 aliphatic carbocycles. The minimum absolute atomic E-state index is 0.170. The highest BCUT2D eigenvalue weighted by molar-refractivity contribution is 7.98. The van der Waals surface area contributed by atoms with E-state index in [0.29, 0.717) is 6.42 Å². The fourth-order valence-corrected chi connectivity index (χ4v) is 4.81. The molecule has 0 bridgehead atoms. The van der Waals surface area contributed by atoms with Gasteiger partial charge >= 0.3 is 0 Å². The molecular weight excluding hydrogens is 423 g/mol. The van der Waals surface area contributed by atoms with E-state index in [2.05, 4.69) is 42.3 Å². The smallest absolute Gasteiger partial charge is 0.247 e. The van der Waals surface area contributed by atoms with Crippen LogP contribution in [0, 0.1) is 19.7 Å². The number of pyridine rings is 1. The largest absolute Gasteiger partial charge is 0.322 e. The molecule has 32 heavy (non-hydrogen) atoms. The molecule has 0 saturated carbocycles. The van der Waals surface area contributed by atoms with Gasteiger partial charge in [-0.3, -0.25) is 9.78 Å². The molecule has 1 amide bonds. The first kappa shape index (κ1) is 22.0. The van der Waals surface area contributed by atoms with Crippen LogP contribution < -0.4 is 5.32 Å². The highest BCUT2D eigenvalue weighted by Gasteiger charge is 2.25. The van der Waals surface area contributed by atoms with Crippen LogP contribution in [0.2, 0.25) is 0 Å². The number of halogens is 1. The molecule has 0 fully saturated rings. The molecule has 0 spiro atoms. The van der Waals surface area contributed by atoms with Gasteiger partial charge in [0.2, 0.25) is 5.91 Å². The van der Waals surface area contributed by atoms with Gasteiger partial charge in [0.05, 0.1) is 22.9 Å². The number of amides is 1. The molecule has 164 valence electrons. The number of nitrogens with one attached hydrogen (secondary N) is 1. The standard InChI is InChI=1S/C25H25FN4OS/c1-4-22(24(31)28-20-8-6-5-7-19(20)26)30-23-14-27-12-11-21(23)29-25(30)32-15-18-13-16(2)9-10-17(18)3/h5-14,22H,4,15H2,1-3H3,(H,28,31). The van der Waals surface area contributed by atoms with Gasteiger partial charge < -0.3 is 9.88 Å². The van der Waals surface area contributed by atoms with Gasteiger partial charge in [0.1, 0.15) is 11.9 Å². The number of hydrogen-bond acceptors (Lipinski definition) is 4. The Kier molecular flexibility index (Phi) is 6.55. The molecule has 0 saturated heterocycles. The van der Waals surface area contributed by atoms with Crippen LogP contribution in [0.15, 0.2) is 66.1 Å². The summed E-state index contributed by atoms with van der Waals surface area (Å²) in [6.07, 6.45) is 3.94. The topological polar surface area (TPSA) is 59.8 Å². The number of carbonyl (C=O) groups excluding carboxylic acids is 1. The van der Waals surface area contributed by atoms with Crippen molar-refractivity contribution in [2.45, 2.75) is 44.1 Å². The van der Waals surface area contributed by atoms with E-state index in [-0.39, 0.29) is 11.6 Å². The van der Waals surface area contributed by atoms with Crippen molar-refractivity contribution >= 4 is 34.4 Å². The molecule has 1 N–H and O–H groups in total. The molecular formula is C25H25FN4OS. The second-order valence-corrected chi connectivity index (χ2v) is 8.68. The number of benzene rings is 2. The molecule has 0 aliphatic rings. The van der Waals surface area contributed by atoms with Crippen LogP contribution in [0.5, 0.6) is 0 Å². The number of imidazole rings is 1. The molecule has 5 nitrogen and oxygen atoms in total. The Morgan fingerprint density at radius 1 is 1.19 bits per heavy atom. The number of hydrogen-bond donors (Lipinski definition) is 1. The van der Waals surface area contributed by atoms with Crippen molar-refractivity contribution in [3.63, 3.8) is 0 Å².